The van der Waals surface area contributed by atoms with Gasteiger partial charge in [-0.05, 0) is 25.8 Å². The third kappa shape index (κ3) is 2.39. The molecule has 1 aliphatic rings. The van der Waals surface area contributed by atoms with Crippen LogP contribution in [0, 0.1) is 6.92 Å². The summed E-state index contributed by atoms with van der Waals surface area (Å²) < 4.78 is 0. The lowest BCUT2D eigenvalue weighted by atomic mass is 10.2. The van der Waals surface area contributed by atoms with Gasteiger partial charge in [0.1, 0.15) is 0 Å². The lowest BCUT2D eigenvalue weighted by Crippen LogP contribution is -2.24. The third-order valence-corrected chi connectivity index (χ3v) is 3.04. The Balaban J connectivity index is 1.88. The molecule has 2 nitrogen and oxygen atoms in total. The van der Waals surface area contributed by atoms with Crippen LogP contribution >= 0.6 is 11.3 Å². The van der Waals surface area contributed by atoms with Crippen LogP contribution in [0.2, 0.25) is 0 Å². The number of aryl methyl sites for hydroxylation is 1. The first kappa shape index (κ1) is 8.91. The minimum absolute atomic E-state index is 0.219. The Kier molecular flexibility index (Phi) is 2.47. The fourth-order valence-corrected chi connectivity index (χ4v) is 1.92. The molecule has 0 atom stereocenters. The SMILES string of the molecule is Cc1cc(C(=O)CNC2CC2)cs1. The molecule has 1 aromatic rings. The van der Waals surface area contributed by atoms with Crippen LogP contribution in [0.15, 0.2) is 11.4 Å². The van der Waals surface area contributed by atoms with Crippen molar-refractivity contribution < 1.29 is 4.79 Å². The van der Waals surface area contributed by atoms with E-state index in [1.165, 1.54) is 17.7 Å². The molecule has 0 radical (unpaired) electrons. The third-order valence-electron chi connectivity index (χ3n) is 2.18. The molecule has 2 rings (SSSR count). The van der Waals surface area contributed by atoms with Crippen molar-refractivity contribution in [3.63, 3.8) is 0 Å². The van der Waals surface area contributed by atoms with E-state index in [9.17, 15) is 4.79 Å². The highest BCUT2D eigenvalue weighted by molar-refractivity contribution is 7.10. The van der Waals surface area contributed by atoms with Crippen LogP contribution in [0.1, 0.15) is 28.1 Å². The van der Waals surface area contributed by atoms with E-state index in [-0.39, 0.29) is 5.78 Å². The van der Waals surface area contributed by atoms with Crippen LogP contribution in [0.25, 0.3) is 0 Å². The first-order valence-corrected chi connectivity index (χ1v) is 5.45. The fourth-order valence-electron chi connectivity index (χ4n) is 1.22. The van der Waals surface area contributed by atoms with Gasteiger partial charge in [0.25, 0.3) is 0 Å². The highest BCUT2D eigenvalue weighted by atomic mass is 32.1. The average molecular weight is 195 g/mol. The van der Waals surface area contributed by atoms with Gasteiger partial charge in [-0.1, -0.05) is 0 Å². The zero-order valence-corrected chi connectivity index (χ0v) is 8.49. The predicted molar refractivity (Wildman–Crippen MR) is 54.4 cm³/mol. The van der Waals surface area contributed by atoms with Crippen LogP contribution in [-0.2, 0) is 0 Å². The molecule has 0 bridgehead atoms. The van der Waals surface area contributed by atoms with Crippen molar-refractivity contribution in [2.75, 3.05) is 6.54 Å². The molecule has 1 fully saturated rings. The first-order valence-electron chi connectivity index (χ1n) is 4.57. The van der Waals surface area contributed by atoms with Gasteiger partial charge in [0.2, 0.25) is 0 Å². The van der Waals surface area contributed by atoms with Crippen LogP contribution < -0.4 is 5.32 Å². The molecule has 0 saturated heterocycles. The number of Topliss-reactive ketones (excluding diaryl/α,β-unsaturated/α-hetero) is 1. The van der Waals surface area contributed by atoms with Gasteiger partial charge in [0, 0.05) is 21.9 Å². The second-order valence-electron chi connectivity index (χ2n) is 3.52. The van der Waals surface area contributed by atoms with Crippen LogP contribution in [0.4, 0.5) is 0 Å². The van der Waals surface area contributed by atoms with Crippen LogP contribution in [-0.4, -0.2) is 18.4 Å². The zero-order chi connectivity index (χ0) is 9.26. The summed E-state index contributed by atoms with van der Waals surface area (Å²) in [6.45, 7) is 2.52. The summed E-state index contributed by atoms with van der Waals surface area (Å²) in [4.78, 5) is 12.7. The van der Waals surface area contributed by atoms with Crippen molar-refractivity contribution in [2.45, 2.75) is 25.8 Å². The maximum Gasteiger partial charge on any atom is 0.177 e. The Labute approximate surface area is 82.0 Å². The number of hydrogen-bond acceptors (Lipinski definition) is 3. The molecule has 13 heavy (non-hydrogen) atoms. The number of rotatable bonds is 4. The molecule has 0 amide bonds. The highest BCUT2D eigenvalue weighted by Crippen LogP contribution is 2.19. The van der Waals surface area contributed by atoms with Gasteiger partial charge in [-0.2, -0.15) is 0 Å². The summed E-state index contributed by atoms with van der Waals surface area (Å²) in [5.41, 5.74) is 0.857. The maximum atomic E-state index is 11.5. The zero-order valence-electron chi connectivity index (χ0n) is 7.67. The van der Waals surface area contributed by atoms with Gasteiger partial charge in [0.15, 0.2) is 5.78 Å². The van der Waals surface area contributed by atoms with Crippen LogP contribution in [0.5, 0.6) is 0 Å². The number of carbonyl (C=O) groups excluding carboxylic acids is 1. The molecule has 0 unspecified atom stereocenters. The Hall–Kier alpha value is -0.670. The molecule has 1 aromatic heterocycles. The fraction of sp³-hybridized carbons (Fsp3) is 0.500. The van der Waals surface area contributed by atoms with E-state index < -0.39 is 0 Å². The topological polar surface area (TPSA) is 29.1 Å². The van der Waals surface area contributed by atoms with E-state index in [1.807, 2.05) is 18.4 Å². The first-order chi connectivity index (χ1) is 6.25. The number of ketones is 1. The van der Waals surface area contributed by atoms with E-state index in [0.29, 0.717) is 12.6 Å². The van der Waals surface area contributed by atoms with Gasteiger partial charge in [-0.25, -0.2) is 0 Å². The lowest BCUT2D eigenvalue weighted by Gasteiger charge is -1.98. The molecule has 1 aliphatic carbocycles. The summed E-state index contributed by atoms with van der Waals surface area (Å²) in [6.07, 6.45) is 2.46. The van der Waals surface area contributed by atoms with E-state index >= 15 is 0 Å². The van der Waals surface area contributed by atoms with Crippen molar-refractivity contribution in [3.05, 3.63) is 21.9 Å². The Morgan fingerprint density at radius 2 is 2.46 bits per heavy atom. The lowest BCUT2D eigenvalue weighted by molar-refractivity contribution is 0.0991. The normalized spacial score (nSPS) is 16.1. The second-order valence-corrected chi connectivity index (χ2v) is 4.64. The summed E-state index contributed by atoms with van der Waals surface area (Å²) >= 11 is 1.63. The molecule has 70 valence electrons. The number of carbonyl (C=O) groups is 1. The molecule has 0 aliphatic heterocycles. The molecule has 0 spiro atoms. The van der Waals surface area contributed by atoms with Gasteiger partial charge in [-0.3, -0.25) is 4.79 Å². The molecular weight excluding hydrogens is 182 g/mol. The minimum atomic E-state index is 0.219. The van der Waals surface area contributed by atoms with Crippen molar-refractivity contribution in [3.8, 4) is 0 Å². The van der Waals surface area contributed by atoms with Crippen molar-refractivity contribution >= 4 is 17.1 Å². The van der Waals surface area contributed by atoms with Crippen LogP contribution in [0.3, 0.4) is 0 Å². The Morgan fingerprint density at radius 1 is 1.69 bits per heavy atom. The number of thiophene rings is 1. The van der Waals surface area contributed by atoms with E-state index in [2.05, 4.69) is 5.32 Å². The molecule has 1 N–H and O–H groups in total. The number of nitrogens with one attached hydrogen (secondary N) is 1. The second kappa shape index (κ2) is 3.60. The van der Waals surface area contributed by atoms with Gasteiger partial charge < -0.3 is 5.32 Å². The van der Waals surface area contributed by atoms with Gasteiger partial charge in [-0.15, -0.1) is 11.3 Å². The molecule has 3 heteroatoms. The van der Waals surface area contributed by atoms with E-state index in [0.717, 1.165) is 5.56 Å². The van der Waals surface area contributed by atoms with Crippen molar-refractivity contribution in [2.24, 2.45) is 0 Å². The van der Waals surface area contributed by atoms with E-state index in [4.69, 9.17) is 0 Å². The minimum Gasteiger partial charge on any atom is -0.307 e. The Bertz CT molecular complexity index is 314. The highest BCUT2D eigenvalue weighted by Gasteiger charge is 2.21. The summed E-state index contributed by atoms with van der Waals surface area (Å²) in [5.74, 6) is 0.219. The molecule has 0 aromatic carbocycles. The summed E-state index contributed by atoms with van der Waals surface area (Å²) in [7, 11) is 0. The smallest absolute Gasteiger partial charge is 0.177 e. The van der Waals surface area contributed by atoms with Crippen molar-refractivity contribution in [1.82, 2.24) is 5.32 Å². The monoisotopic (exact) mass is 195 g/mol. The maximum absolute atomic E-state index is 11.5. The van der Waals surface area contributed by atoms with Gasteiger partial charge >= 0.3 is 0 Å². The standard InChI is InChI=1S/C10H13NOS/c1-7-4-8(6-13-7)10(12)5-11-9-2-3-9/h4,6,9,11H,2-3,5H2,1H3. The molecule has 1 saturated carbocycles. The van der Waals surface area contributed by atoms with Gasteiger partial charge in [0.05, 0.1) is 6.54 Å². The summed E-state index contributed by atoms with van der Waals surface area (Å²) in [5, 5.41) is 5.16. The Morgan fingerprint density at radius 3 is 3.00 bits per heavy atom. The predicted octanol–water partition coefficient (Wildman–Crippen LogP) is 1.99. The van der Waals surface area contributed by atoms with Crippen molar-refractivity contribution in [1.29, 1.82) is 0 Å². The molecular formula is C10H13NOS. The number of hydrogen-bond donors (Lipinski definition) is 1. The largest absolute Gasteiger partial charge is 0.307 e. The average Bonchev–Trinajstić information content (AvgIpc) is 2.84. The quantitative estimate of drug-likeness (QED) is 0.744. The molecule has 1 heterocycles. The summed E-state index contributed by atoms with van der Waals surface area (Å²) in [6, 6.07) is 2.57. The van der Waals surface area contributed by atoms with E-state index in [1.54, 1.807) is 11.3 Å².